The van der Waals surface area contributed by atoms with Gasteiger partial charge in [0.05, 0.1) is 12.0 Å². The van der Waals surface area contributed by atoms with E-state index in [0.29, 0.717) is 12.8 Å². The normalized spacial score (nSPS) is 29.9. The van der Waals surface area contributed by atoms with Crippen molar-refractivity contribution in [2.75, 3.05) is 0 Å². The van der Waals surface area contributed by atoms with Crippen molar-refractivity contribution < 1.29 is 9.90 Å². The van der Waals surface area contributed by atoms with Crippen LogP contribution in [0.2, 0.25) is 0 Å². The summed E-state index contributed by atoms with van der Waals surface area (Å²) in [4.78, 5) is 15.3. The van der Waals surface area contributed by atoms with E-state index in [9.17, 15) is 9.90 Å². The lowest BCUT2D eigenvalue weighted by Crippen LogP contribution is -2.55. The van der Waals surface area contributed by atoms with Crippen molar-refractivity contribution in [1.29, 1.82) is 0 Å². The second kappa shape index (κ2) is 3.34. The predicted molar refractivity (Wildman–Crippen MR) is 54.4 cm³/mol. The van der Waals surface area contributed by atoms with Crippen molar-refractivity contribution in [1.82, 2.24) is 9.55 Å². The van der Waals surface area contributed by atoms with Crippen LogP contribution in [0.1, 0.15) is 25.5 Å². The summed E-state index contributed by atoms with van der Waals surface area (Å²) in [6, 6.07) is 0.00121. The van der Waals surface area contributed by atoms with E-state index in [1.165, 1.54) is 0 Å². The zero-order valence-electron chi connectivity index (χ0n) is 8.68. The molecule has 0 radical (unpaired) electrons. The Bertz CT molecular complexity index is 380. The molecule has 0 aliphatic heterocycles. The maximum atomic E-state index is 11.3. The molecule has 1 aliphatic rings. The molecular formula is C10H15N3O2. The number of hydrogen-bond acceptors (Lipinski definition) is 3. The molecule has 0 unspecified atom stereocenters. The van der Waals surface area contributed by atoms with E-state index in [-0.39, 0.29) is 6.04 Å². The molecule has 1 aliphatic carbocycles. The highest BCUT2D eigenvalue weighted by molar-refractivity contribution is 5.82. The van der Waals surface area contributed by atoms with Crippen LogP contribution in [0, 0.1) is 0 Å². The number of rotatable bonds is 3. The number of aliphatic carboxylic acids is 1. The average Bonchev–Trinajstić information content (AvgIpc) is 2.59. The van der Waals surface area contributed by atoms with Gasteiger partial charge in [-0.3, -0.25) is 4.79 Å². The lowest BCUT2D eigenvalue weighted by atomic mass is 9.64. The number of nitrogens with zero attached hydrogens (tertiary/aromatic N) is 2. The van der Waals surface area contributed by atoms with Crippen molar-refractivity contribution in [2.24, 2.45) is 5.73 Å². The molecule has 3 N–H and O–H groups in total. The van der Waals surface area contributed by atoms with E-state index < -0.39 is 11.4 Å². The van der Waals surface area contributed by atoms with Gasteiger partial charge in [-0.1, -0.05) is 0 Å². The van der Waals surface area contributed by atoms with Gasteiger partial charge < -0.3 is 15.4 Å². The van der Waals surface area contributed by atoms with Crippen LogP contribution in [0.3, 0.4) is 0 Å². The van der Waals surface area contributed by atoms with Crippen LogP contribution in [-0.2, 0) is 16.8 Å². The Labute approximate surface area is 87.9 Å². The molecule has 0 saturated heterocycles. The lowest BCUT2D eigenvalue weighted by Gasteiger charge is -2.42. The third-order valence-electron chi connectivity index (χ3n) is 3.17. The van der Waals surface area contributed by atoms with Crippen LogP contribution in [0.25, 0.3) is 0 Å². The standard InChI is InChI=1S/C10H15N3O2/c1-2-13-6-12-5-8(13)10(9(14)15)3-7(11)4-10/h5-7H,2-4,11H2,1H3,(H,14,15). The number of imidazole rings is 1. The first kappa shape index (κ1) is 10.2. The molecule has 0 amide bonds. The van der Waals surface area contributed by atoms with E-state index in [1.807, 2.05) is 11.5 Å². The van der Waals surface area contributed by atoms with Crippen molar-refractivity contribution in [3.8, 4) is 0 Å². The molecule has 0 bridgehead atoms. The zero-order chi connectivity index (χ0) is 11.1. The van der Waals surface area contributed by atoms with Crippen LogP contribution in [-0.4, -0.2) is 26.7 Å². The van der Waals surface area contributed by atoms with Crippen LogP contribution in [0.15, 0.2) is 12.5 Å². The summed E-state index contributed by atoms with van der Waals surface area (Å²) < 4.78 is 1.88. The molecule has 15 heavy (non-hydrogen) atoms. The molecule has 1 fully saturated rings. The van der Waals surface area contributed by atoms with E-state index >= 15 is 0 Å². The van der Waals surface area contributed by atoms with Gasteiger partial charge in [-0.2, -0.15) is 0 Å². The molecule has 1 heterocycles. The summed E-state index contributed by atoms with van der Waals surface area (Å²) in [5.74, 6) is -0.792. The largest absolute Gasteiger partial charge is 0.481 e. The summed E-state index contributed by atoms with van der Waals surface area (Å²) in [5.41, 5.74) is 5.67. The second-order valence-electron chi connectivity index (χ2n) is 4.12. The Balaban J connectivity index is 2.38. The Morgan fingerprint density at radius 3 is 2.93 bits per heavy atom. The Hall–Kier alpha value is -1.36. The molecule has 1 saturated carbocycles. The fourth-order valence-corrected chi connectivity index (χ4v) is 2.30. The lowest BCUT2D eigenvalue weighted by molar-refractivity contribution is -0.148. The Kier molecular flexibility index (Phi) is 2.26. The SMILES string of the molecule is CCn1cncc1C1(C(=O)O)CC(N)C1. The van der Waals surface area contributed by atoms with Gasteiger partial charge in [0.15, 0.2) is 0 Å². The third-order valence-corrected chi connectivity index (χ3v) is 3.17. The number of aryl methyl sites for hydroxylation is 1. The fourth-order valence-electron chi connectivity index (χ4n) is 2.30. The van der Waals surface area contributed by atoms with Crippen molar-refractivity contribution >= 4 is 5.97 Å². The first-order valence-electron chi connectivity index (χ1n) is 5.09. The highest BCUT2D eigenvalue weighted by Crippen LogP contribution is 2.43. The molecule has 0 aromatic carbocycles. The first-order valence-corrected chi connectivity index (χ1v) is 5.09. The van der Waals surface area contributed by atoms with Gasteiger partial charge in [-0.05, 0) is 19.8 Å². The molecule has 0 spiro atoms. The molecular weight excluding hydrogens is 194 g/mol. The minimum Gasteiger partial charge on any atom is -0.481 e. The van der Waals surface area contributed by atoms with Crippen LogP contribution >= 0.6 is 0 Å². The van der Waals surface area contributed by atoms with Gasteiger partial charge in [-0.25, -0.2) is 4.98 Å². The summed E-state index contributed by atoms with van der Waals surface area (Å²) in [5, 5.41) is 9.30. The number of carboxylic acid groups (broad SMARTS) is 1. The Morgan fingerprint density at radius 1 is 1.80 bits per heavy atom. The minimum absolute atomic E-state index is 0.00121. The van der Waals surface area contributed by atoms with E-state index in [0.717, 1.165) is 12.2 Å². The maximum Gasteiger partial charge on any atom is 0.315 e. The molecule has 5 heteroatoms. The van der Waals surface area contributed by atoms with Crippen LogP contribution in [0.4, 0.5) is 0 Å². The first-order chi connectivity index (χ1) is 7.10. The monoisotopic (exact) mass is 209 g/mol. The molecule has 2 rings (SSSR count). The zero-order valence-corrected chi connectivity index (χ0v) is 8.68. The number of aromatic nitrogens is 2. The smallest absolute Gasteiger partial charge is 0.315 e. The van der Waals surface area contributed by atoms with Crippen molar-refractivity contribution in [2.45, 2.75) is 37.8 Å². The topological polar surface area (TPSA) is 81.1 Å². The van der Waals surface area contributed by atoms with Gasteiger partial charge >= 0.3 is 5.97 Å². The van der Waals surface area contributed by atoms with Gasteiger partial charge in [-0.15, -0.1) is 0 Å². The summed E-state index contributed by atoms with van der Waals surface area (Å²) in [7, 11) is 0. The molecule has 82 valence electrons. The van der Waals surface area contributed by atoms with Gasteiger partial charge in [0.2, 0.25) is 0 Å². The molecule has 5 nitrogen and oxygen atoms in total. The average molecular weight is 209 g/mol. The quantitative estimate of drug-likeness (QED) is 0.752. The van der Waals surface area contributed by atoms with E-state index in [2.05, 4.69) is 4.98 Å². The number of carboxylic acids is 1. The van der Waals surface area contributed by atoms with Gasteiger partial charge in [0, 0.05) is 18.8 Å². The van der Waals surface area contributed by atoms with Crippen molar-refractivity contribution in [3.05, 3.63) is 18.2 Å². The second-order valence-corrected chi connectivity index (χ2v) is 4.12. The number of hydrogen-bond donors (Lipinski definition) is 2. The summed E-state index contributed by atoms with van der Waals surface area (Å²) in [6.07, 6.45) is 4.33. The minimum atomic E-state index is -0.800. The number of nitrogens with two attached hydrogens (primary N) is 1. The molecule has 1 aromatic rings. The van der Waals surface area contributed by atoms with Crippen LogP contribution < -0.4 is 5.73 Å². The van der Waals surface area contributed by atoms with E-state index in [1.54, 1.807) is 12.5 Å². The third kappa shape index (κ3) is 1.34. The van der Waals surface area contributed by atoms with Gasteiger partial charge in [0.25, 0.3) is 0 Å². The molecule has 0 atom stereocenters. The van der Waals surface area contributed by atoms with Crippen LogP contribution in [0.5, 0.6) is 0 Å². The predicted octanol–water partition coefficient (Wildman–Crippen LogP) is 0.346. The summed E-state index contributed by atoms with van der Waals surface area (Å²) in [6.45, 7) is 2.71. The molecule has 1 aromatic heterocycles. The Morgan fingerprint density at radius 2 is 2.47 bits per heavy atom. The number of carbonyl (C=O) groups is 1. The van der Waals surface area contributed by atoms with Crippen molar-refractivity contribution in [3.63, 3.8) is 0 Å². The fraction of sp³-hybridized carbons (Fsp3) is 0.600. The summed E-state index contributed by atoms with van der Waals surface area (Å²) >= 11 is 0. The highest BCUT2D eigenvalue weighted by Gasteiger charge is 2.52. The van der Waals surface area contributed by atoms with Gasteiger partial charge in [0.1, 0.15) is 5.41 Å². The maximum absolute atomic E-state index is 11.3. The van der Waals surface area contributed by atoms with E-state index in [4.69, 9.17) is 5.73 Å². The highest BCUT2D eigenvalue weighted by atomic mass is 16.4.